The van der Waals surface area contributed by atoms with Gasteiger partial charge in [-0.3, -0.25) is 9.59 Å². The molecule has 2 aliphatic rings. The maximum Gasteiger partial charge on any atom is 0.333 e. The summed E-state index contributed by atoms with van der Waals surface area (Å²) in [7, 11) is 0. The monoisotopic (exact) mass is 366 g/mol. The van der Waals surface area contributed by atoms with Crippen LogP contribution in [0.15, 0.2) is 0 Å². The fourth-order valence-corrected chi connectivity index (χ4v) is 4.02. The van der Waals surface area contributed by atoms with E-state index in [1.807, 2.05) is 13.8 Å². The molecule has 132 valence electrons. The molecule has 2 heterocycles. The Balaban J connectivity index is 0.00000264. The summed E-state index contributed by atoms with van der Waals surface area (Å²) in [5.41, 5.74) is 5.08. The third-order valence-corrected chi connectivity index (χ3v) is 5.30. The van der Waals surface area contributed by atoms with Crippen LogP contribution in [0.5, 0.6) is 0 Å². The number of carbonyl (C=O) groups excluding carboxylic acids is 3. The number of β-lactam (4-membered cyclic amide) rings is 1. The van der Waals surface area contributed by atoms with E-state index in [-0.39, 0.29) is 23.7 Å². The van der Waals surface area contributed by atoms with Gasteiger partial charge in [0.25, 0.3) is 0 Å². The van der Waals surface area contributed by atoms with Crippen molar-refractivity contribution >= 4 is 42.0 Å². The molecule has 2 fully saturated rings. The number of carbonyl (C=O) groups is 3. The first-order valence-corrected chi connectivity index (χ1v) is 7.94. The first-order valence-electron chi connectivity index (χ1n) is 7.06. The Bertz CT molecular complexity index is 520. The van der Waals surface area contributed by atoms with Gasteiger partial charge in [0.05, 0.1) is 5.41 Å². The van der Waals surface area contributed by atoms with Crippen LogP contribution in [0, 0.1) is 5.41 Å². The number of nitrogens with zero attached hydrogens (tertiary/aromatic N) is 1. The lowest BCUT2D eigenvalue weighted by Crippen LogP contribution is -2.68. The maximum absolute atomic E-state index is 12.3. The van der Waals surface area contributed by atoms with Crippen molar-refractivity contribution in [3.8, 4) is 0 Å². The van der Waals surface area contributed by atoms with E-state index in [9.17, 15) is 14.4 Å². The largest absolute Gasteiger partial charge is 0.427 e. The number of esters is 2. The second-order valence-corrected chi connectivity index (χ2v) is 8.82. The second kappa shape index (κ2) is 6.49. The van der Waals surface area contributed by atoms with E-state index in [1.54, 1.807) is 20.8 Å². The van der Waals surface area contributed by atoms with E-state index < -0.39 is 41.0 Å². The zero-order valence-electron chi connectivity index (χ0n) is 13.8. The number of hydrogen-bond donors (Lipinski definition) is 1. The highest BCUT2D eigenvalue weighted by molar-refractivity contribution is 8.01. The molecule has 0 saturated carbocycles. The molecule has 0 radical (unpaired) electrons. The molecule has 1 amide bonds. The van der Waals surface area contributed by atoms with Crippen LogP contribution in [-0.2, 0) is 23.9 Å². The lowest BCUT2D eigenvalue weighted by Gasteiger charge is -2.41. The molecule has 9 heteroatoms. The van der Waals surface area contributed by atoms with Gasteiger partial charge in [-0.15, -0.1) is 24.2 Å². The predicted molar refractivity (Wildman–Crippen MR) is 87.8 cm³/mol. The van der Waals surface area contributed by atoms with Crippen molar-refractivity contribution < 1.29 is 23.9 Å². The molecule has 3 atom stereocenters. The Kier molecular flexibility index (Phi) is 5.66. The number of fused-ring (bicyclic) bond motifs is 1. The Morgan fingerprint density at radius 1 is 1.30 bits per heavy atom. The van der Waals surface area contributed by atoms with Crippen LogP contribution in [0.1, 0.15) is 34.6 Å². The Labute approximate surface area is 146 Å². The van der Waals surface area contributed by atoms with Crippen LogP contribution in [0.3, 0.4) is 0 Å². The fraction of sp³-hybridized carbons (Fsp3) is 0.786. The van der Waals surface area contributed by atoms with Crippen LogP contribution < -0.4 is 5.73 Å². The summed E-state index contributed by atoms with van der Waals surface area (Å²) in [6.07, 6.45) is 0. The lowest BCUT2D eigenvalue weighted by atomic mass is 9.96. The van der Waals surface area contributed by atoms with Gasteiger partial charge in [0.1, 0.15) is 17.5 Å². The summed E-state index contributed by atoms with van der Waals surface area (Å²) in [5.74, 6) is -1.29. The van der Waals surface area contributed by atoms with Crippen molar-refractivity contribution in [3.63, 3.8) is 0 Å². The van der Waals surface area contributed by atoms with Gasteiger partial charge in [-0.05, 0) is 34.6 Å². The number of thioether (sulfide) groups is 1. The quantitative estimate of drug-likeness (QED) is 0.449. The minimum atomic E-state index is -0.719. The highest BCUT2D eigenvalue weighted by Gasteiger charge is 2.63. The molecule has 0 aromatic rings. The topological polar surface area (TPSA) is 98.9 Å². The first-order chi connectivity index (χ1) is 9.97. The van der Waals surface area contributed by atoms with Gasteiger partial charge in [-0.2, -0.15) is 0 Å². The Morgan fingerprint density at radius 3 is 2.39 bits per heavy atom. The summed E-state index contributed by atoms with van der Waals surface area (Å²) in [6, 6.07) is -1.29. The van der Waals surface area contributed by atoms with Crippen molar-refractivity contribution in [3.05, 3.63) is 0 Å². The molecule has 2 saturated heterocycles. The number of ether oxygens (including phenoxy) is 2. The first kappa shape index (κ1) is 20.1. The minimum Gasteiger partial charge on any atom is -0.427 e. The van der Waals surface area contributed by atoms with Crippen LogP contribution in [-0.4, -0.2) is 51.7 Å². The zero-order valence-corrected chi connectivity index (χ0v) is 15.5. The zero-order chi connectivity index (χ0) is 16.9. The van der Waals surface area contributed by atoms with Gasteiger partial charge in [-0.1, -0.05) is 0 Å². The van der Waals surface area contributed by atoms with Crippen LogP contribution in [0.4, 0.5) is 0 Å². The molecule has 2 N–H and O–H groups in total. The van der Waals surface area contributed by atoms with E-state index in [1.165, 1.54) is 16.7 Å². The lowest BCUT2D eigenvalue weighted by molar-refractivity contribution is -0.179. The third-order valence-electron chi connectivity index (χ3n) is 3.71. The van der Waals surface area contributed by atoms with Gasteiger partial charge in [-0.25, -0.2) is 4.79 Å². The van der Waals surface area contributed by atoms with Crippen molar-refractivity contribution in [1.82, 2.24) is 4.90 Å². The minimum absolute atomic E-state index is 0. The van der Waals surface area contributed by atoms with Gasteiger partial charge < -0.3 is 20.1 Å². The second-order valence-electron chi connectivity index (χ2n) is 7.05. The van der Waals surface area contributed by atoms with Crippen LogP contribution >= 0.6 is 24.2 Å². The number of rotatable bonds is 3. The molecule has 0 bridgehead atoms. The fourth-order valence-electron chi connectivity index (χ4n) is 2.46. The molecular weight excluding hydrogens is 344 g/mol. The van der Waals surface area contributed by atoms with E-state index >= 15 is 0 Å². The average molecular weight is 367 g/mol. The predicted octanol–water partition coefficient (Wildman–Crippen LogP) is 0.888. The molecule has 3 unspecified atom stereocenters. The summed E-state index contributed by atoms with van der Waals surface area (Å²) < 4.78 is 9.45. The molecule has 0 aromatic heterocycles. The molecule has 2 rings (SSSR count). The Hall–Kier alpha value is -0.990. The highest BCUT2D eigenvalue weighted by atomic mass is 35.5. The number of halogens is 1. The summed E-state index contributed by atoms with van der Waals surface area (Å²) in [4.78, 5) is 37.2. The molecule has 0 aliphatic carbocycles. The van der Waals surface area contributed by atoms with Gasteiger partial charge in [0, 0.05) is 4.75 Å². The molecule has 23 heavy (non-hydrogen) atoms. The molecule has 7 nitrogen and oxygen atoms in total. The van der Waals surface area contributed by atoms with Gasteiger partial charge in [0.2, 0.25) is 12.7 Å². The van der Waals surface area contributed by atoms with Crippen molar-refractivity contribution in [2.75, 3.05) is 6.79 Å². The average Bonchev–Trinajstić information content (AvgIpc) is 2.65. The van der Waals surface area contributed by atoms with Crippen molar-refractivity contribution in [1.29, 1.82) is 0 Å². The molecular formula is C14H23ClN2O5S. The normalized spacial score (nSPS) is 28.3. The highest BCUT2D eigenvalue weighted by Crippen LogP contribution is 2.50. The van der Waals surface area contributed by atoms with E-state index in [4.69, 9.17) is 15.2 Å². The van der Waals surface area contributed by atoms with Crippen molar-refractivity contribution in [2.45, 2.75) is 56.8 Å². The molecule has 2 aliphatic heterocycles. The standard InChI is InChI=1S/C14H22N2O5S.ClH/c1-13(2,3)12(19)21-6-20-11(18)8-14(4,5)22-10-7(15)9(17)16(8)10;/h7-8,10H,6,15H2,1-5H3;1H. The van der Waals surface area contributed by atoms with Crippen molar-refractivity contribution in [2.24, 2.45) is 11.1 Å². The molecule has 0 aromatic carbocycles. The van der Waals surface area contributed by atoms with Gasteiger partial charge >= 0.3 is 11.9 Å². The summed E-state index contributed by atoms with van der Waals surface area (Å²) in [5, 5.41) is -0.197. The third kappa shape index (κ3) is 3.59. The van der Waals surface area contributed by atoms with Crippen LogP contribution in [0.2, 0.25) is 0 Å². The SMILES string of the molecule is CC(C)(C)C(=O)OCOC(=O)C1N2C(=O)C(N)C2SC1(C)C.Cl. The number of nitrogens with two attached hydrogens (primary N) is 1. The summed E-state index contributed by atoms with van der Waals surface area (Å²) >= 11 is 1.48. The van der Waals surface area contributed by atoms with E-state index in [0.717, 1.165) is 0 Å². The van der Waals surface area contributed by atoms with Crippen LogP contribution in [0.25, 0.3) is 0 Å². The molecule has 0 spiro atoms. The van der Waals surface area contributed by atoms with E-state index in [0.29, 0.717) is 0 Å². The number of hydrogen-bond acceptors (Lipinski definition) is 7. The number of amides is 1. The van der Waals surface area contributed by atoms with Gasteiger partial charge in [0.15, 0.2) is 0 Å². The smallest absolute Gasteiger partial charge is 0.333 e. The summed E-state index contributed by atoms with van der Waals surface area (Å²) in [6.45, 7) is 8.40. The Morgan fingerprint density at radius 2 is 1.87 bits per heavy atom. The van der Waals surface area contributed by atoms with E-state index in [2.05, 4.69) is 0 Å². The maximum atomic E-state index is 12.3.